The predicted octanol–water partition coefficient (Wildman–Crippen LogP) is 1.09. The van der Waals surface area contributed by atoms with Crippen LogP contribution in [0.25, 0.3) is 0 Å². The lowest BCUT2D eigenvalue weighted by Gasteiger charge is -2.40. The number of piperidine rings is 1. The van der Waals surface area contributed by atoms with Crippen LogP contribution in [0.4, 0.5) is 4.79 Å². The third kappa shape index (κ3) is 4.89. The van der Waals surface area contributed by atoms with Crippen molar-refractivity contribution in [3.05, 3.63) is 0 Å². The quantitative estimate of drug-likeness (QED) is 0.776. The molecule has 6 nitrogen and oxygen atoms in total. The SMILES string of the molecule is CC(C)(C)OC(=O)NC1(CC=O)CCN(C=O)CC1. The van der Waals surface area contributed by atoms with Gasteiger partial charge in [0.15, 0.2) is 0 Å². The number of hydrogen-bond donors (Lipinski definition) is 1. The molecule has 0 saturated carbocycles. The summed E-state index contributed by atoms with van der Waals surface area (Å²) in [4.78, 5) is 35.0. The Morgan fingerprint density at radius 2 is 1.89 bits per heavy atom. The van der Waals surface area contributed by atoms with Gasteiger partial charge in [0.2, 0.25) is 6.41 Å². The summed E-state index contributed by atoms with van der Waals surface area (Å²) in [5.74, 6) is 0. The van der Waals surface area contributed by atoms with Crippen LogP contribution in [0, 0.1) is 0 Å². The van der Waals surface area contributed by atoms with E-state index in [0.29, 0.717) is 25.9 Å². The number of nitrogens with zero attached hydrogens (tertiary/aromatic N) is 1. The molecule has 0 spiro atoms. The van der Waals surface area contributed by atoms with E-state index in [0.717, 1.165) is 12.7 Å². The van der Waals surface area contributed by atoms with Gasteiger partial charge in [0.25, 0.3) is 0 Å². The van der Waals surface area contributed by atoms with Crippen LogP contribution in [0.1, 0.15) is 40.0 Å². The second-order valence-corrected chi connectivity index (χ2v) is 5.92. The summed E-state index contributed by atoms with van der Waals surface area (Å²) in [7, 11) is 0. The van der Waals surface area contributed by atoms with Gasteiger partial charge in [0.05, 0.1) is 5.54 Å². The molecule has 1 fully saturated rings. The van der Waals surface area contributed by atoms with Crippen LogP contribution in [0.5, 0.6) is 0 Å². The van der Waals surface area contributed by atoms with Crippen LogP contribution in [0.3, 0.4) is 0 Å². The Kier molecular flexibility index (Phi) is 4.91. The van der Waals surface area contributed by atoms with Gasteiger partial charge in [0.1, 0.15) is 11.9 Å². The van der Waals surface area contributed by atoms with Crippen LogP contribution in [-0.2, 0) is 14.3 Å². The Balaban J connectivity index is 2.65. The maximum absolute atomic E-state index is 11.8. The molecule has 1 N–H and O–H groups in total. The average molecular weight is 270 g/mol. The number of nitrogens with one attached hydrogen (secondary N) is 1. The molecule has 0 aromatic heterocycles. The summed E-state index contributed by atoms with van der Waals surface area (Å²) >= 11 is 0. The van der Waals surface area contributed by atoms with E-state index in [4.69, 9.17) is 4.74 Å². The van der Waals surface area contributed by atoms with Crippen molar-refractivity contribution in [1.82, 2.24) is 10.2 Å². The summed E-state index contributed by atoms with van der Waals surface area (Å²) in [5.41, 5.74) is -1.17. The maximum atomic E-state index is 11.8. The molecule has 2 amide bonds. The topological polar surface area (TPSA) is 75.7 Å². The van der Waals surface area contributed by atoms with Crippen molar-refractivity contribution in [3.63, 3.8) is 0 Å². The van der Waals surface area contributed by atoms with E-state index < -0.39 is 17.2 Å². The number of ether oxygens (including phenoxy) is 1. The smallest absolute Gasteiger partial charge is 0.408 e. The number of amides is 2. The van der Waals surface area contributed by atoms with E-state index in [2.05, 4.69) is 5.32 Å². The number of alkyl carbamates (subject to hydrolysis) is 1. The average Bonchev–Trinajstić information content (AvgIpc) is 2.27. The van der Waals surface area contributed by atoms with Crippen molar-refractivity contribution in [2.75, 3.05) is 13.1 Å². The summed E-state index contributed by atoms with van der Waals surface area (Å²) < 4.78 is 5.22. The van der Waals surface area contributed by atoms with E-state index in [9.17, 15) is 14.4 Å². The minimum atomic E-state index is -0.594. The zero-order valence-corrected chi connectivity index (χ0v) is 11.8. The molecule has 19 heavy (non-hydrogen) atoms. The van der Waals surface area contributed by atoms with Gasteiger partial charge in [-0.2, -0.15) is 0 Å². The molecule has 0 aromatic carbocycles. The highest BCUT2D eigenvalue weighted by molar-refractivity contribution is 5.70. The molecule has 6 heteroatoms. The first-order valence-corrected chi connectivity index (χ1v) is 6.44. The first-order chi connectivity index (χ1) is 8.80. The molecule has 0 aromatic rings. The molecule has 1 saturated heterocycles. The second kappa shape index (κ2) is 6.04. The lowest BCUT2D eigenvalue weighted by Crippen LogP contribution is -2.56. The first kappa shape index (κ1) is 15.5. The van der Waals surface area contributed by atoms with Gasteiger partial charge >= 0.3 is 6.09 Å². The highest BCUT2D eigenvalue weighted by Gasteiger charge is 2.36. The Bertz CT molecular complexity index is 341. The summed E-state index contributed by atoms with van der Waals surface area (Å²) in [6, 6.07) is 0. The first-order valence-electron chi connectivity index (χ1n) is 6.44. The highest BCUT2D eigenvalue weighted by Crippen LogP contribution is 2.25. The zero-order valence-electron chi connectivity index (χ0n) is 11.8. The van der Waals surface area contributed by atoms with Crippen molar-refractivity contribution in [2.24, 2.45) is 0 Å². The molecule has 1 aliphatic heterocycles. The minimum absolute atomic E-state index is 0.235. The standard InChI is InChI=1S/C13H22N2O4/c1-12(2,3)19-11(18)14-13(6-9-16)4-7-15(10-17)8-5-13/h9-10H,4-8H2,1-3H3,(H,14,18). The molecule has 1 rings (SSSR count). The van der Waals surface area contributed by atoms with Crippen LogP contribution in [0.2, 0.25) is 0 Å². The Labute approximate surface area is 113 Å². The summed E-state index contributed by atoms with van der Waals surface area (Å²) in [5, 5.41) is 2.80. The van der Waals surface area contributed by atoms with Crippen molar-refractivity contribution in [2.45, 2.75) is 51.2 Å². The second-order valence-electron chi connectivity index (χ2n) is 5.92. The van der Waals surface area contributed by atoms with E-state index in [1.807, 2.05) is 0 Å². The number of hydrogen-bond acceptors (Lipinski definition) is 4. The van der Waals surface area contributed by atoms with E-state index in [1.165, 1.54) is 0 Å². The third-order valence-corrected chi connectivity index (χ3v) is 3.14. The zero-order chi connectivity index (χ0) is 14.5. The van der Waals surface area contributed by atoms with Crippen LogP contribution in [0.15, 0.2) is 0 Å². The van der Waals surface area contributed by atoms with Crippen LogP contribution in [-0.4, -0.2) is 47.9 Å². The molecule has 1 aliphatic rings. The van der Waals surface area contributed by atoms with Gasteiger partial charge in [-0.3, -0.25) is 4.79 Å². The van der Waals surface area contributed by atoms with Gasteiger partial charge in [0, 0.05) is 19.5 Å². The Hall–Kier alpha value is -1.59. The van der Waals surface area contributed by atoms with Crippen molar-refractivity contribution in [1.29, 1.82) is 0 Å². The Morgan fingerprint density at radius 3 is 2.32 bits per heavy atom. The fourth-order valence-corrected chi connectivity index (χ4v) is 2.12. The number of aldehydes is 1. The van der Waals surface area contributed by atoms with E-state index in [1.54, 1.807) is 25.7 Å². The van der Waals surface area contributed by atoms with Gasteiger partial charge < -0.3 is 19.7 Å². The van der Waals surface area contributed by atoms with Gasteiger partial charge in [-0.15, -0.1) is 0 Å². The summed E-state index contributed by atoms with van der Waals surface area (Å²) in [6.07, 6.45) is 2.42. The molecular weight excluding hydrogens is 248 g/mol. The molecular formula is C13H22N2O4. The summed E-state index contributed by atoms with van der Waals surface area (Å²) in [6.45, 7) is 6.43. The lowest BCUT2D eigenvalue weighted by molar-refractivity contribution is -0.119. The van der Waals surface area contributed by atoms with Crippen molar-refractivity contribution in [3.8, 4) is 0 Å². The normalized spacial score (nSPS) is 18.6. The maximum Gasteiger partial charge on any atom is 0.408 e. The molecule has 0 aliphatic carbocycles. The fraction of sp³-hybridized carbons (Fsp3) is 0.769. The minimum Gasteiger partial charge on any atom is -0.444 e. The monoisotopic (exact) mass is 270 g/mol. The molecule has 0 radical (unpaired) electrons. The van der Waals surface area contributed by atoms with E-state index >= 15 is 0 Å². The number of carbonyl (C=O) groups is 3. The lowest BCUT2D eigenvalue weighted by atomic mass is 9.85. The molecule has 0 atom stereocenters. The van der Waals surface area contributed by atoms with E-state index in [-0.39, 0.29) is 6.42 Å². The van der Waals surface area contributed by atoms with Gasteiger partial charge in [-0.25, -0.2) is 4.79 Å². The number of rotatable bonds is 4. The molecule has 0 unspecified atom stereocenters. The van der Waals surface area contributed by atoms with Gasteiger partial charge in [-0.05, 0) is 33.6 Å². The van der Waals surface area contributed by atoms with Gasteiger partial charge in [-0.1, -0.05) is 0 Å². The van der Waals surface area contributed by atoms with Crippen molar-refractivity contribution >= 4 is 18.8 Å². The largest absolute Gasteiger partial charge is 0.444 e. The number of likely N-dealkylation sites (tertiary alicyclic amines) is 1. The van der Waals surface area contributed by atoms with Crippen LogP contribution < -0.4 is 5.32 Å². The highest BCUT2D eigenvalue weighted by atomic mass is 16.6. The number of carbonyl (C=O) groups excluding carboxylic acids is 3. The van der Waals surface area contributed by atoms with Crippen LogP contribution >= 0.6 is 0 Å². The third-order valence-electron chi connectivity index (χ3n) is 3.14. The predicted molar refractivity (Wildman–Crippen MR) is 69.7 cm³/mol. The molecule has 1 heterocycles. The molecule has 0 bridgehead atoms. The van der Waals surface area contributed by atoms with Crippen molar-refractivity contribution < 1.29 is 19.1 Å². The molecule has 108 valence electrons. The fourth-order valence-electron chi connectivity index (χ4n) is 2.12. The Morgan fingerprint density at radius 1 is 1.32 bits per heavy atom.